The topological polar surface area (TPSA) is 127 Å². The maximum absolute atomic E-state index is 12.7. The maximum Gasteiger partial charge on any atom is 0.308 e. The number of sulfonamides is 1. The molecule has 25 heavy (non-hydrogen) atoms. The molecular formula is C17H24N2O5S. The second-order valence-electron chi connectivity index (χ2n) is 6.97. The van der Waals surface area contributed by atoms with Gasteiger partial charge in [0, 0.05) is 5.56 Å². The summed E-state index contributed by atoms with van der Waals surface area (Å²) < 4.78 is 23.5. The first-order valence-corrected chi connectivity index (χ1v) is 9.70. The Balaban J connectivity index is 2.38. The van der Waals surface area contributed by atoms with E-state index in [-0.39, 0.29) is 10.5 Å². The van der Waals surface area contributed by atoms with Gasteiger partial charge < -0.3 is 10.4 Å². The van der Waals surface area contributed by atoms with E-state index in [1.807, 2.05) is 0 Å². The molecule has 0 heterocycles. The number of carbonyl (C=O) groups excluding carboxylic acids is 1. The van der Waals surface area contributed by atoms with Crippen LogP contribution in [0, 0.1) is 19.8 Å². The highest BCUT2D eigenvalue weighted by Crippen LogP contribution is 2.34. The summed E-state index contributed by atoms with van der Waals surface area (Å²) in [4.78, 5) is 24.1. The number of aliphatic carboxylic acids is 1. The van der Waals surface area contributed by atoms with Crippen molar-refractivity contribution in [3.05, 3.63) is 28.8 Å². The smallest absolute Gasteiger partial charge is 0.308 e. The van der Waals surface area contributed by atoms with Gasteiger partial charge in [0.2, 0.25) is 10.0 Å². The lowest BCUT2D eigenvalue weighted by molar-refractivity contribution is -0.145. The van der Waals surface area contributed by atoms with Crippen LogP contribution in [0.25, 0.3) is 0 Å². The fourth-order valence-electron chi connectivity index (χ4n) is 3.46. The monoisotopic (exact) mass is 368 g/mol. The Bertz CT molecular complexity index is 819. The van der Waals surface area contributed by atoms with Gasteiger partial charge in [-0.05, 0) is 56.9 Å². The quantitative estimate of drug-likeness (QED) is 0.746. The Hall–Kier alpha value is -1.93. The Morgan fingerprint density at radius 3 is 2.48 bits per heavy atom. The molecule has 2 unspecified atom stereocenters. The molecule has 0 saturated heterocycles. The highest BCUT2D eigenvalue weighted by Gasteiger charge is 2.42. The van der Waals surface area contributed by atoms with Crippen LogP contribution in [0.2, 0.25) is 0 Å². The minimum absolute atomic E-state index is 0.0961. The lowest BCUT2D eigenvalue weighted by atomic mass is 9.73. The zero-order chi connectivity index (χ0) is 19.0. The SMILES string of the molecule is Cc1cc(C(=O)NC2(C)CCCCC2C(=O)O)cc(S(N)(=O)=O)c1C. The molecule has 2 atom stereocenters. The fraction of sp³-hybridized carbons (Fsp3) is 0.529. The molecule has 138 valence electrons. The minimum Gasteiger partial charge on any atom is -0.481 e. The zero-order valence-electron chi connectivity index (χ0n) is 14.6. The van der Waals surface area contributed by atoms with Gasteiger partial charge in [0.1, 0.15) is 0 Å². The molecular weight excluding hydrogens is 344 g/mol. The number of carbonyl (C=O) groups is 2. The van der Waals surface area contributed by atoms with Crippen LogP contribution < -0.4 is 10.5 Å². The third kappa shape index (κ3) is 4.01. The van der Waals surface area contributed by atoms with Gasteiger partial charge >= 0.3 is 5.97 Å². The number of hydrogen-bond acceptors (Lipinski definition) is 4. The van der Waals surface area contributed by atoms with Crippen molar-refractivity contribution >= 4 is 21.9 Å². The summed E-state index contributed by atoms with van der Waals surface area (Å²) in [5.74, 6) is -2.11. The molecule has 0 aliphatic heterocycles. The van der Waals surface area contributed by atoms with Crippen molar-refractivity contribution in [1.82, 2.24) is 5.32 Å². The summed E-state index contributed by atoms with van der Waals surface area (Å²) in [5, 5.41) is 17.5. The van der Waals surface area contributed by atoms with E-state index in [2.05, 4.69) is 5.32 Å². The zero-order valence-corrected chi connectivity index (χ0v) is 15.4. The summed E-state index contributed by atoms with van der Waals surface area (Å²) in [6, 6.07) is 2.83. The maximum atomic E-state index is 12.7. The second-order valence-corrected chi connectivity index (χ2v) is 8.50. The number of primary sulfonamides is 1. The molecule has 7 nitrogen and oxygen atoms in total. The van der Waals surface area contributed by atoms with Crippen molar-refractivity contribution < 1.29 is 23.1 Å². The molecule has 1 amide bonds. The van der Waals surface area contributed by atoms with E-state index in [0.29, 0.717) is 24.0 Å². The van der Waals surface area contributed by atoms with Gasteiger partial charge in [0.05, 0.1) is 16.4 Å². The standard InChI is InChI=1S/C17H24N2O5S/c1-10-8-12(9-14(11(10)2)25(18,23)24)15(20)19-17(3)7-5-4-6-13(17)16(21)22/h8-9,13H,4-7H2,1-3H3,(H,19,20)(H,21,22)(H2,18,23,24). The number of carboxylic acid groups (broad SMARTS) is 1. The van der Waals surface area contributed by atoms with Crippen LogP contribution >= 0.6 is 0 Å². The molecule has 0 bridgehead atoms. The van der Waals surface area contributed by atoms with Crippen molar-refractivity contribution in [3.8, 4) is 0 Å². The van der Waals surface area contributed by atoms with E-state index in [1.54, 1.807) is 26.8 Å². The van der Waals surface area contributed by atoms with Gasteiger partial charge in [0.15, 0.2) is 0 Å². The number of hydrogen-bond donors (Lipinski definition) is 3. The van der Waals surface area contributed by atoms with Crippen LogP contribution in [-0.4, -0.2) is 30.9 Å². The van der Waals surface area contributed by atoms with Gasteiger partial charge in [0.25, 0.3) is 5.91 Å². The molecule has 0 aromatic heterocycles. The molecule has 1 aromatic carbocycles. The average Bonchev–Trinajstić information content (AvgIpc) is 2.48. The molecule has 8 heteroatoms. The van der Waals surface area contributed by atoms with Gasteiger partial charge in [-0.25, -0.2) is 13.6 Å². The number of benzene rings is 1. The third-order valence-corrected chi connectivity index (χ3v) is 6.13. The summed E-state index contributed by atoms with van der Waals surface area (Å²) in [5.41, 5.74) is 0.400. The minimum atomic E-state index is -3.96. The molecule has 1 aliphatic carbocycles. The van der Waals surface area contributed by atoms with E-state index in [4.69, 9.17) is 5.14 Å². The molecule has 0 radical (unpaired) electrons. The number of carboxylic acids is 1. The number of nitrogens with one attached hydrogen (secondary N) is 1. The van der Waals surface area contributed by atoms with E-state index < -0.39 is 33.4 Å². The largest absolute Gasteiger partial charge is 0.481 e. The van der Waals surface area contributed by atoms with Crippen LogP contribution in [0.1, 0.15) is 54.1 Å². The normalized spacial score (nSPS) is 23.9. The van der Waals surface area contributed by atoms with E-state index >= 15 is 0 Å². The van der Waals surface area contributed by atoms with Crippen molar-refractivity contribution in [3.63, 3.8) is 0 Å². The van der Waals surface area contributed by atoms with Crippen LogP contribution in [0.15, 0.2) is 17.0 Å². The van der Waals surface area contributed by atoms with Crippen molar-refractivity contribution in [1.29, 1.82) is 0 Å². The molecule has 1 fully saturated rings. The van der Waals surface area contributed by atoms with Gasteiger partial charge in [-0.1, -0.05) is 12.8 Å². The van der Waals surface area contributed by atoms with E-state index in [1.165, 1.54) is 6.07 Å². The Morgan fingerprint density at radius 1 is 1.28 bits per heavy atom. The average molecular weight is 368 g/mol. The second kappa shape index (κ2) is 6.76. The van der Waals surface area contributed by atoms with Crippen molar-refractivity contribution in [2.45, 2.75) is 56.9 Å². The van der Waals surface area contributed by atoms with Crippen LogP contribution in [0.3, 0.4) is 0 Å². The van der Waals surface area contributed by atoms with E-state index in [9.17, 15) is 23.1 Å². The highest BCUT2D eigenvalue weighted by atomic mass is 32.2. The van der Waals surface area contributed by atoms with Gasteiger partial charge in [-0.2, -0.15) is 0 Å². The first kappa shape index (κ1) is 19.4. The Morgan fingerprint density at radius 2 is 1.92 bits per heavy atom. The fourth-order valence-corrected chi connectivity index (χ4v) is 4.34. The van der Waals surface area contributed by atoms with Crippen LogP contribution in [0.4, 0.5) is 0 Å². The molecule has 1 aliphatic rings. The van der Waals surface area contributed by atoms with E-state index in [0.717, 1.165) is 12.8 Å². The van der Waals surface area contributed by atoms with Crippen LogP contribution in [0.5, 0.6) is 0 Å². The van der Waals surface area contributed by atoms with Crippen LogP contribution in [-0.2, 0) is 14.8 Å². The summed E-state index contributed by atoms with van der Waals surface area (Å²) in [7, 11) is -3.96. The lowest BCUT2D eigenvalue weighted by Gasteiger charge is -2.39. The molecule has 4 N–H and O–H groups in total. The summed E-state index contributed by atoms with van der Waals surface area (Å²) in [6.07, 6.45) is 2.70. The Labute approximate surface area is 147 Å². The number of aryl methyl sites for hydroxylation is 1. The first-order chi connectivity index (χ1) is 11.5. The number of nitrogens with two attached hydrogens (primary N) is 1. The molecule has 1 aromatic rings. The van der Waals surface area contributed by atoms with Crippen molar-refractivity contribution in [2.75, 3.05) is 0 Å². The number of amides is 1. The molecule has 0 spiro atoms. The Kier molecular flexibility index (Phi) is 5.24. The number of rotatable bonds is 4. The highest BCUT2D eigenvalue weighted by molar-refractivity contribution is 7.89. The lowest BCUT2D eigenvalue weighted by Crippen LogP contribution is -2.55. The molecule has 1 saturated carbocycles. The predicted octanol–water partition coefficient (Wildman–Crippen LogP) is 1.71. The third-order valence-electron chi connectivity index (χ3n) is 5.09. The van der Waals surface area contributed by atoms with Crippen molar-refractivity contribution in [2.24, 2.45) is 11.1 Å². The van der Waals surface area contributed by atoms with Gasteiger partial charge in [-0.3, -0.25) is 9.59 Å². The predicted molar refractivity (Wildman–Crippen MR) is 92.8 cm³/mol. The summed E-state index contributed by atoms with van der Waals surface area (Å²) >= 11 is 0. The first-order valence-electron chi connectivity index (χ1n) is 8.15. The molecule has 2 rings (SSSR count). The van der Waals surface area contributed by atoms with Gasteiger partial charge in [-0.15, -0.1) is 0 Å². The summed E-state index contributed by atoms with van der Waals surface area (Å²) in [6.45, 7) is 5.05.